The first-order chi connectivity index (χ1) is 18.0. The molecule has 9 heteroatoms. The second-order valence-corrected chi connectivity index (χ2v) is 9.93. The monoisotopic (exact) mass is 518 g/mol. The molecule has 0 aliphatic rings. The number of carboxylic acids is 1. The largest absolute Gasteiger partial charge is 0.481 e. The van der Waals surface area contributed by atoms with Crippen LogP contribution in [0.4, 0.5) is 0 Å². The van der Waals surface area contributed by atoms with Gasteiger partial charge >= 0.3 is 5.97 Å². The minimum Gasteiger partial charge on any atom is -0.481 e. The van der Waals surface area contributed by atoms with Crippen molar-refractivity contribution in [2.75, 3.05) is 0 Å². The third-order valence-electron chi connectivity index (χ3n) is 6.32. The summed E-state index contributed by atoms with van der Waals surface area (Å²) in [6.07, 6.45) is 4.71. The second kappa shape index (κ2) is 12.3. The van der Waals surface area contributed by atoms with Crippen molar-refractivity contribution in [1.29, 1.82) is 0 Å². The van der Waals surface area contributed by atoms with Gasteiger partial charge in [-0.2, -0.15) is 0 Å². The van der Waals surface area contributed by atoms with E-state index in [1.165, 1.54) is 30.1 Å². The smallest absolute Gasteiger partial charge is 0.305 e. The molecule has 0 unspecified atom stereocenters. The number of rotatable bonds is 10. The van der Waals surface area contributed by atoms with E-state index in [9.17, 15) is 24.3 Å². The predicted molar refractivity (Wildman–Crippen MR) is 145 cm³/mol. The maximum Gasteiger partial charge on any atom is 0.305 e. The standard InChI is InChI=1S/C29H34N4O5/c1-17(2)12-24(32-27(36)22-10-7-11-33(5)29(22)38)28(37)31-23(14-25(34)35)20-13-21(16-30-15-20)26-18(3)8-6-9-19(26)4/h6-11,13,15-17,23-24H,12,14H2,1-5H3,(H,31,37)(H,32,36)(H,34,35)/t23-,24+/m1/s1. The Morgan fingerprint density at radius 1 is 1.03 bits per heavy atom. The van der Waals surface area contributed by atoms with Crippen LogP contribution in [0.3, 0.4) is 0 Å². The summed E-state index contributed by atoms with van der Waals surface area (Å²) in [6.45, 7) is 7.79. The number of amides is 2. The fourth-order valence-electron chi connectivity index (χ4n) is 4.46. The number of aryl methyl sites for hydroxylation is 3. The van der Waals surface area contributed by atoms with Crippen LogP contribution in [0.25, 0.3) is 11.1 Å². The molecule has 0 aliphatic heterocycles. The fraction of sp³-hybridized carbons (Fsp3) is 0.345. The van der Waals surface area contributed by atoms with Crippen LogP contribution in [-0.4, -0.2) is 38.5 Å². The van der Waals surface area contributed by atoms with Crippen molar-refractivity contribution in [2.24, 2.45) is 13.0 Å². The van der Waals surface area contributed by atoms with Crippen LogP contribution in [0, 0.1) is 19.8 Å². The number of carboxylic acid groups (broad SMARTS) is 1. The zero-order valence-corrected chi connectivity index (χ0v) is 22.3. The maximum atomic E-state index is 13.4. The van der Waals surface area contributed by atoms with E-state index in [4.69, 9.17) is 0 Å². The average molecular weight is 519 g/mol. The minimum atomic E-state index is -1.09. The Labute approximate surface area is 221 Å². The van der Waals surface area contributed by atoms with Gasteiger partial charge < -0.3 is 20.3 Å². The van der Waals surface area contributed by atoms with Crippen molar-refractivity contribution in [3.05, 3.63) is 87.6 Å². The number of carbonyl (C=O) groups is 3. The number of benzene rings is 1. The van der Waals surface area contributed by atoms with Crippen LogP contribution in [0.15, 0.2) is 59.8 Å². The van der Waals surface area contributed by atoms with Crippen molar-refractivity contribution in [1.82, 2.24) is 20.2 Å². The van der Waals surface area contributed by atoms with E-state index < -0.39 is 35.4 Å². The number of hydrogen-bond acceptors (Lipinski definition) is 5. The highest BCUT2D eigenvalue weighted by atomic mass is 16.4. The molecule has 0 fully saturated rings. The van der Waals surface area contributed by atoms with Gasteiger partial charge in [-0.15, -0.1) is 0 Å². The first kappa shape index (κ1) is 28.3. The zero-order valence-electron chi connectivity index (χ0n) is 22.3. The molecule has 38 heavy (non-hydrogen) atoms. The van der Waals surface area contributed by atoms with Gasteiger partial charge in [0.05, 0.1) is 12.5 Å². The molecule has 0 saturated heterocycles. The SMILES string of the molecule is Cc1cccc(C)c1-c1cncc([C@@H](CC(=O)O)NC(=O)[C@H](CC(C)C)NC(=O)c2cccn(C)c2=O)c1. The van der Waals surface area contributed by atoms with Crippen molar-refractivity contribution in [3.8, 4) is 11.1 Å². The van der Waals surface area contributed by atoms with Crippen LogP contribution >= 0.6 is 0 Å². The molecule has 3 rings (SSSR count). The molecule has 2 aromatic heterocycles. The van der Waals surface area contributed by atoms with Gasteiger partial charge in [0.15, 0.2) is 0 Å². The fourth-order valence-corrected chi connectivity index (χ4v) is 4.46. The normalized spacial score (nSPS) is 12.6. The number of aromatic nitrogens is 2. The van der Waals surface area contributed by atoms with E-state index in [2.05, 4.69) is 15.6 Å². The van der Waals surface area contributed by atoms with E-state index in [0.29, 0.717) is 12.0 Å². The van der Waals surface area contributed by atoms with E-state index in [0.717, 1.165) is 22.3 Å². The minimum absolute atomic E-state index is 0.0385. The van der Waals surface area contributed by atoms with Crippen molar-refractivity contribution in [2.45, 2.75) is 52.6 Å². The molecule has 200 valence electrons. The van der Waals surface area contributed by atoms with Crippen molar-refractivity contribution < 1.29 is 19.5 Å². The second-order valence-electron chi connectivity index (χ2n) is 9.93. The summed E-state index contributed by atoms with van der Waals surface area (Å²) in [6, 6.07) is 8.90. The molecule has 3 aromatic rings. The average Bonchev–Trinajstić information content (AvgIpc) is 2.84. The number of nitrogens with zero attached hydrogens (tertiary/aromatic N) is 2. The summed E-state index contributed by atoms with van der Waals surface area (Å²) in [5.41, 5.74) is 3.89. The molecule has 2 heterocycles. The summed E-state index contributed by atoms with van der Waals surface area (Å²) >= 11 is 0. The molecule has 9 nitrogen and oxygen atoms in total. The lowest BCUT2D eigenvalue weighted by Gasteiger charge is -2.24. The molecule has 1 aromatic carbocycles. The highest BCUT2D eigenvalue weighted by Crippen LogP contribution is 2.29. The van der Waals surface area contributed by atoms with Gasteiger partial charge in [0.1, 0.15) is 11.6 Å². The maximum absolute atomic E-state index is 13.4. The van der Waals surface area contributed by atoms with Crippen molar-refractivity contribution >= 4 is 17.8 Å². The summed E-state index contributed by atoms with van der Waals surface area (Å²) in [5, 5.41) is 15.1. The first-order valence-electron chi connectivity index (χ1n) is 12.5. The van der Waals surface area contributed by atoms with Gasteiger partial charge in [0.2, 0.25) is 5.91 Å². The highest BCUT2D eigenvalue weighted by Gasteiger charge is 2.27. The third kappa shape index (κ3) is 6.94. The first-order valence-corrected chi connectivity index (χ1v) is 12.5. The Bertz CT molecular complexity index is 1380. The lowest BCUT2D eigenvalue weighted by atomic mass is 9.94. The number of carbonyl (C=O) groups excluding carboxylic acids is 2. The van der Waals surface area contributed by atoms with Gasteiger partial charge in [-0.3, -0.25) is 24.2 Å². The molecule has 0 radical (unpaired) electrons. The topological polar surface area (TPSA) is 130 Å². The van der Waals surface area contributed by atoms with Gasteiger partial charge in [-0.05, 0) is 66.6 Å². The molecule has 3 N–H and O–H groups in total. The van der Waals surface area contributed by atoms with Gasteiger partial charge in [0, 0.05) is 31.2 Å². The van der Waals surface area contributed by atoms with Crippen LogP contribution in [-0.2, 0) is 16.6 Å². The lowest BCUT2D eigenvalue weighted by Crippen LogP contribution is -2.49. The molecule has 0 bridgehead atoms. The van der Waals surface area contributed by atoms with Crippen molar-refractivity contribution in [3.63, 3.8) is 0 Å². The molecule has 2 atom stereocenters. The van der Waals surface area contributed by atoms with Crippen LogP contribution in [0.2, 0.25) is 0 Å². The van der Waals surface area contributed by atoms with E-state index in [1.807, 2.05) is 52.0 Å². The summed E-state index contributed by atoms with van der Waals surface area (Å²) in [5.74, 6) is -2.26. The van der Waals surface area contributed by atoms with Crippen LogP contribution < -0.4 is 16.2 Å². The lowest BCUT2D eigenvalue weighted by molar-refractivity contribution is -0.137. The highest BCUT2D eigenvalue weighted by molar-refractivity contribution is 5.97. The Kier molecular flexibility index (Phi) is 9.17. The van der Waals surface area contributed by atoms with Gasteiger partial charge in [-0.1, -0.05) is 32.0 Å². The number of aliphatic carboxylic acids is 1. The predicted octanol–water partition coefficient (Wildman–Crippen LogP) is 3.54. The molecular weight excluding hydrogens is 484 g/mol. The van der Waals surface area contributed by atoms with Crippen LogP contribution in [0.5, 0.6) is 0 Å². The van der Waals surface area contributed by atoms with E-state index in [-0.39, 0.29) is 17.9 Å². The number of pyridine rings is 2. The third-order valence-corrected chi connectivity index (χ3v) is 6.32. The van der Waals surface area contributed by atoms with E-state index >= 15 is 0 Å². The number of nitrogens with one attached hydrogen (secondary N) is 2. The Morgan fingerprint density at radius 3 is 2.34 bits per heavy atom. The van der Waals surface area contributed by atoms with E-state index in [1.54, 1.807) is 12.3 Å². The van der Waals surface area contributed by atoms with Gasteiger partial charge in [-0.25, -0.2) is 0 Å². The summed E-state index contributed by atoms with van der Waals surface area (Å²) in [7, 11) is 1.54. The molecule has 0 aliphatic carbocycles. The Hall–Kier alpha value is -4.27. The molecule has 2 amide bonds. The molecular formula is C29H34N4O5. The molecule has 0 spiro atoms. The molecule has 0 saturated carbocycles. The van der Waals surface area contributed by atoms with Gasteiger partial charge in [0.25, 0.3) is 11.5 Å². The Balaban J connectivity index is 1.90. The number of hydrogen-bond donors (Lipinski definition) is 3. The summed E-state index contributed by atoms with van der Waals surface area (Å²) < 4.78 is 1.28. The van der Waals surface area contributed by atoms with Crippen LogP contribution in [0.1, 0.15) is 59.8 Å². The quantitative estimate of drug-likeness (QED) is 0.376. The Morgan fingerprint density at radius 2 is 1.71 bits per heavy atom. The zero-order chi connectivity index (χ0) is 28.0. The summed E-state index contributed by atoms with van der Waals surface area (Å²) in [4.78, 5) is 54.8.